The van der Waals surface area contributed by atoms with Gasteiger partial charge in [0.15, 0.2) is 0 Å². The lowest BCUT2D eigenvalue weighted by Gasteiger charge is -1.98. The number of rotatable bonds is 0. The fourth-order valence-corrected chi connectivity index (χ4v) is 1.78. The first-order valence-corrected chi connectivity index (χ1v) is 4.61. The van der Waals surface area contributed by atoms with Crippen LogP contribution in [0.25, 0.3) is 10.9 Å². The van der Waals surface area contributed by atoms with E-state index in [9.17, 15) is 0 Å². The van der Waals surface area contributed by atoms with Crippen molar-refractivity contribution < 1.29 is 0 Å². The first kappa shape index (κ1) is 7.89. The number of para-hydroxylation sites is 1. The van der Waals surface area contributed by atoms with Crippen LogP contribution in [0.15, 0.2) is 29.0 Å². The minimum Gasteiger partial charge on any atom is -0.345 e. The maximum Gasteiger partial charge on any atom is 0.137 e. The van der Waals surface area contributed by atoms with Gasteiger partial charge in [-0.25, -0.2) is 4.98 Å². The quantitative estimate of drug-likeness (QED) is 0.718. The van der Waals surface area contributed by atoms with Gasteiger partial charge in [-0.1, -0.05) is 18.3 Å². The molecule has 0 atom stereocenters. The number of H-pyrrole nitrogens is 1. The van der Waals surface area contributed by atoms with Gasteiger partial charge < -0.3 is 4.98 Å². The number of nitrogens with zero attached hydrogens (tertiary/aromatic N) is 1. The Bertz CT molecular complexity index is 478. The molecule has 1 N–H and O–H groups in total. The molecule has 0 radical (unpaired) electrons. The van der Waals surface area contributed by atoms with E-state index in [0.29, 0.717) is 4.64 Å². The third-order valence-electron chi connectivity index (χ3n) is 1.63. The zero-order valence-electron chi connectivity index (χ0n) is 6.04. The van der Waals surface area contributed by atoms with E-state index in [1.165, 1.54) is 0 Å². The Morgan fingerprint density at radius 3 is 3.00 bits per heavy atom. The van der Waals surface area contributed by atoms with Gasteiger partial charge >= 0.3 is 0 Å². The highest BCUT2D eigenvalue weighted by atomic mass is 79.9. The van der Waals surface area contributed by atoms with Crippen LogP contribution < -0.4 is 0 Å². The Morgan fingerprint density at radius 2 is 2.25 bits per heavy atom. The number of hydrogen-bond donors (Lipinski definition) is 1. The topological polar surface area (TPSA) is 28.7 Å². The fourth-order valence-electron chi connectivity index (χ4n) is 1.07. The number of fused-ring (bicyclic) bond motifs is 1. The molecule has 0 spiro atoms. The molecular weight excluding hydrogens is 236 g/mol. The van der Waals surface area contributed by atoms with Crippen molar-refractivity contribution >= 4 is 39.1 Å². The molecule has 1 aromatic carbocycles. The Hall–Kier alpha value is -0.740. The van der Waals surface area contributed by atoms with Crippen LogP contribution in [-0.4, -0.2) is 9.97 Å². The number of aromatic amines is 1. The first-order valence-electron chi connectivity index (χ1n) is 3.41. The highest BCUT2D eigenvalue weighted by Gasteiger charge is 1.97. The fraction of sp³-hybridized carbons (Fsp3) is 0. The van der Waals surface area contributed by atoms with Crippen molar-refractivity contribution in [3.8, 4) is 0 Å². The summed E-state index contributed by atoms with van der Waals surface area (Å²) < 4.78 is 1.64. The molecule has 60 valence electrons. The van der Waals surface area contributed by atoms with Gasteiger partial charge in [-0.3, -0.25) is 0 Å². The Morgan fingerprint density at radius 1 is 1.42 bits per heavy atom. The maximum atomic E-state index is 5.06. The summed E-state index contributed by atoms with van der Waals surface area (Å²) in [5, 5.41) is 0.974. The summed E-state index contributed by atoms with van der Waals surface area (Å²) >= 11 is 8.49. The van der Waals surface area contributed by atoms with Crippen LogP contribution in [0.2, 0.25) is 0 Å². The van der Waals surface area contributed by atoms with E-state index >= 15 is 0 Å². The summed E-state index contributed by atoms with van der Waals surface area (Å²) in [4.78, 5) is 7.02. The van der Waals surface area contributed by atoms with Gasteiger partial charge in [0, 0.05) is 9.86 Å². The zero-order chi connectivity index (χ0) is 8.55. The Balaban J connectivity index is 3.05. The molecule has 1 aromatic heterocycles. The van der Waals surface area contributed by atoms with E-state index in [1.807, 2.05) is 18.2 Å². The molecule has 0 aliphatic carbocycles. The van der Waals surface area contributed by atoms with E-state index in [4.69, 9.17) is 12.2 Å². The minimum absolute atomic E-state index is 0.630. The normalized spacial score (nSPS) is 10.4. The van der Waals surface area contributed by atoms with E-state index in [1.54, 1.807) is 6.33 Å². The van der Waals surface area contributed by atoms with Crippen molar-refractivity contribution in [2.75, 3.05) is 0 Å². The van der Waals surface area contributed by atoms with Crippen LogP contribution in [0.4, 0.5) is 0 Å². The number of halogens is 1. The zero-order valence-corrected chi connectivity index (χ0v) is 8.45. The van der Waals surface area contributed by atoms with Crippen LogP contribution in [0.5, 0.6) is 0 Å². The predicted molar refractivity (Wildman–Crippen MR) is 54.6 cm³/mol. The van der Waals surface area contributed by atoms with Crippen molar-refractivity contribution in [2.45, 2.75) is 0 Å². The summed E-state index contributed by atoms with van der Waals surface area (Å²) in [6.45, 7) is 0. The molecule has 0 aliphatic rings. The highest BCUT2D eigenvalue weighted by Crippen LogP contribution is 2.20. The third kappa shape index (κ3) is 1.17. The summed E-state index contributed by atoms with van der Waals surface area (Å²) in [5.41, 5.74) is 0.998. The van der Waals surface area contributed by atoms with Crippen molar-refractivity contribution in [3.63, 3.8) is 0 Å². The monoisotopic (exact) mass is 240 g/mol. The van der Waals surface area contributed by atoms with E-state index in [-0.39, 0.29) is 0 Å². The van der Waals surface area contributed by atoms with Gasteiger partial charge in [0.25, 0.3) is 0 Å². The molecular formula is C8H5BrN2S. The lowest BCUT2D eigenvalue weighted by Crippen LogP contribution is -1.83. The molecule has 0 saturated heterocycles. The standard InChI is InChI=1S/C8H5BrN2S/c9-6-3-1-2-5-7(6)10-4-11-8(5)12/h1-4H,(H,10,11,12). The third-order valence-corrected chi connectivity index (χ3v) is 2.62. The summed E-state index contributed by atoms with van der Waals surface area (Å²) in [5.74, 6) is 0. The SMILES string of the molecule is S=c1nc[nH]c2c(Br)cccc12. The van der Waals surface area contributed by atoms with Gasteiger partial charge in [0.2, 0.25) is 0 Å². The molecule has 2 rings (SSSR count). The minimum atomic E-state index is 0.630. The van der Waals surface area contributed by atoms with Crippen molar-refractivity contribution in [1.29, 1.82) is 0 Å². The van der Waals surface area contributed by atoms with Crippen molar-refractivity contribution in [1.82, 2.24) is 9.97 Å². The van der Waals surface area contributed by atoms with Gasteiger partial charge in [-0.05, 0) is 28.1 Å². The molecule has 4 heteroatoms. The molecule has 1 heterocycles. The molecule has 0 unspecified atom stereocenters. The number of nitrogens with one attached hydrogen (secondary N) is 1. The summed E-state index contributed by atoms with van der Waals surface area (Å²) in [7, 11) is 0. The number of hydrogen-bond acceptors (Lipinski definition) is 2. The molecule has 0 amide bonds. The second-order valence-corrected chi connectivity index (χ2v) is 3.61. The van der Waals surface area contributed by atoms with Crippen LogP contribution in [-0.2, 0) is 0 Å². The number of aromatic nitrogens is 2. The van der Waals surface area contributed by atoms with E-state index in [0.717, 1.165) is 15.4 Å². The summed E-state index contributed by atoms with van der Waals surface area (Å²) in [6, 6.07) is 5.86. The van der Waals surface area contributed by atoms with Gasteiger partial charge in [-0.2, -0.15) is 0 Å². The Kier molecular flexibility index (Phi) is 1.94. The number of benzene rings is 1. The van der Waals surface area contributed by atoms with Crippen LogP contribution in [0.3, 0.4) is 0 Å². The van der Waals surface area contributed by atoms with Gasteiger partial charge in [-0.15, -0.1) is 0 Å². The molecule has 2 aromatic rings. The van der Waals surface area contributed by atoms with Crippen LogP contribution in [0, 0.1) is 4.64 Å². The second kappa shape index (κ2) is 2.95. The first-order chi connectivity index (χ1) is 5.79. The molecule has 12 heavy (non-hydrogen) atoms. The molecule has 0 fully saturated rings. The van der Waals surface area contributed by atoms with Crippen molar-refractivity contribution in [3.05, 3.63) is 33.6 Å². The average molecular weight is 241 g/mol. The lowest BCUT2D eigenvalue weighted by atomic mass is 10.2. The predicted octanol–water partition coefficient (Wildman–Crippen LogP) is 3.05. The summed E-state index contributed by atoms with van der Waals surface area (Å²) in [6.07, 6.45) is 1.61. The Labute approximate surface area is 82.8 Å². The largest absolute Gasteiger partial charge is 0.345 e. The highest BCUT2D eigenvalue weighted by molar-refractivity contribution is 9.10. The van der Waals surface area contributed by atoms with Gasteiger partial charge in [0.1, 0.15) is 4.64 Å². The lowest BCUT2D eigenvalue weighted by molar-refractivity contribution is 1.20. The average Bonchev–Trinajstić information content (AvgIpc) is 2.07. The van der Waals surface area contributed by atoms with Crippen molar-refractivity contribution in [2.24, 2.45) is 0 Å². The molecule has 0 bridgehead atoms. The van der Waals surface area contributed by atoms with Crippen LogP contribution >= 0.6 is 28.1 Å². The smallest absolute Gasteiger partial charge is 0.137 e. The molecule has 0 aliphatic heterocycles. The molecule has 0 saturated carbocycles. The second-order valence-electron chi connectivity index (χ2n) is 2.37. The van der Waals surface area contributed by atoms with E-state index in [2.05, 4.69) is 25.9 Å². The maximum absolute atomic E-state index is 5.06. The van der Waals surface area contributed by atoms with Gasteiger partial charge in [0.05, 0.1) is 11.8 Å². The van der Waals surface area contributed by atoms with E-state index < -0.39 is 0 Å². The van der Waals surface area contributed by atoms with Crippen LogP contribution in [0.1, 0.15) is 0 Å². The molecule has 2 nitrogen and oxygen atoms in total.